The van der Waals surface area contributed by atoms with Gasteiger partial charge >= 0.3 is 0 Å². The molecule has 1 N–H and O–H groups in total. The Balaban J connectivity index is 1.52. The van der Waals surface area contributed by atoms with E-state index in [1.807, 2.05) is 35.7 Å². The number of carbonyl (C=O) groups excluding carboxylic acids is 1. The summed E-state index contributed by atoms with van der Waals surface area (Å²) in [7, 11) is 3.17. The lowest BCUT2D eigenvalue weighted by molar-refractivity contribution is -0.120. The number of nitrogens with zero attached hydrogens (tertiary/aromatic N) is 1. The number of amides is 1. The van der Waals surface area contributed by atoms with E-state index in [1.54, 1.807) is 31.6 Å². The van der Waals surface area contributed by atoms with Crippen molar-refractivity contribution in [2.45, 2.75) is 19.4 Å². The van der Waals surface area contributed by atoms with Crippen molar-refractivity contribution in [1.29, 1.82) is 0 Å². The van der Waals surface area contributed by atoms with Crippen molar-refractivity contribution in [2.75, 3.05) is 14.2 Å². The molecule has 2 aromatic carbocycles. The third kappa shape index (κ3) is 5.31. The van der Waals surface area contributed by atoms with Crippen LogP contribution in [-0.2, 0) is 24.2 Å². The second kappa shape index (κ2) is 9.19. The summed E-state index contributed by atoms with van der Waals surface area (Å²) in [6.45, 7) is 0.428. The Hall–Kier alpha value is -2.86. The van der Waals surface area contributed by atoms with Crippen LogP contribution in [0.2, 0.25) is 0 Å². The maximum Gasteiger partial charge on any atom is 0.224 e. The molecule has 0 unspecified atom stereocenters. The van der Waals surface area contributed by atoms with Crippen LogP contribution in [0.1, 0.15) is 21.8 Å². The van der Waals surface area contributed by atoms with E-state index in [-0.39, 0.29) is 12.3 Å². The molecule has 27 heavy (non-hydrogen) atoms. The van der Waals surface area contributed by atoms with E-state index >= 15 is 0 Å². The highest BCUT2D eigenvalue weighted by atomic mass is 32.1. The summed E-state index contributed by atoms with van der Waals surface area (Å²) in [4.78, 5) is 16.8. The Kier molecular flexibility index (Phi) is 6.44. The molecule has 0 atom stereocenters. The Morgan fingerprint density at radius 3 is 2.56 bits per heavy atom. The second-order valence-corrected chi connectivity index (χ2v) is 6.98. The highest BCUT2D eigenvalue weighted by Gasteiger charge is 2.09. The summed E-state index contributed by atoms with van der Waals surface area (Å²) in [5, 5.41) is 5.97. The fraction of sp³-hybridized carbons (Fsp3) is 0.238. The van der Waals surface area contributed by atoms with Gasteiger partial charge in [0, 0.05) is 11.8 Å². The molecule has 0 radical (unpaired) electrons. The van der Waals surface area contributed by atoms with E-state index in [9.17, 15) is 4.79 Å². The Bertz CT molecular complexity index is 893. The van der Waals surface area contributed by atoms with Gasteiger partial charge in [0.2, 0.25) is 5.91 Å². The van der Waals surface area contributed by atoms with Crippen molar-refractivity contribution >= 4 is 17.2 Å². The third-order valence-corrected chi connectivity index (χ3v) is 4.97. The molecule has 0 aliphatic rings. The lowest BCUT2D eigenvalue weighted by Crippen LogP contribution is -2.24. The summed E-state index contributed by atoms with van der Waals surface area (Å²) in [5.41, 5.74) is 2.98. The molecular weight excluding hydrogens is 360 g/mol. The number of methoxy groups -OCH3 is 2. The van der Waals surface area contributed by atoms with Crippen molar-refractivity contribution in [3.8, 4) is 11.5 Å². The van der Waals surface area contributed by atoms with E-state index < -0.39 is 0 Å². The maximum absolute atomic E-state index is 12.2. The van der Waals surface area contributed by atoms with Crippen LogP contribution in [0.25, 0.3) is 0 Å². The minimum atomic E-state index is -0.0557. The standard InChI is InChI=1S/C21H22N2O3S/c1-25-18-9-8-16(10-19(18)26-2)11-20(24)22-13-17-14-27-21(23-17)12-15-6-4-3-5-7-15/h3-10,14H,11-13H2,1-2H3,(H,22,24). The van der Waals surface area contributed by atoms with Crippen molar-refractivity contribution in [3.05, 3.63) is 75.7 Å². The second-order valence-electron chi connectivity index (χ2n) is 6.04. The number of hydrogen-bond donors (Lipinski definition) is 1. The van der Waals surface area contributed by atoms with Gasteiger partial charge < -0.3 is 14.8 Å². The Labute approximate surface area is 163 Å². The van der Waals surface area contributed by atoms with Crippen LogP contribution in [0, 0.1) is 0 Å². The molecule has 0 aliphatic carbocycles. The predicted molar refractivity (Wildman–Crippen MR) is 106 cm³/mol. The molecule has 0 spiro atoms. The molecule has 1 heterocycles. The molecule has 140 valence electrons. The van der Waals surface area contributed by atoms with Crippen molar-refractivity contribution < 1.29 is 14.3 Å². The number of ether oxygens (including phenoxy) is 2. The van der Waals surface area contributed by atoms with Gasteiger partial charge in [-0.15, -0.1) is 11.3 Å². The zero-order valence-electron chi connectivity index (χ0n) is 15.4. The number of hydrogen-bond acceptors (Lipinski definition) is 5. The lowest BCUT2D eigenvalue weighted by atomic mass is 10.1. The normalized spacial score (nSPS) is 10.4. The fourth-order valence-corrected chi connectivity index (χ4v) is 3.54. The van der Waals surface area contributed by atoms with Gasteiger partial charge in [0.15, 0.2) is 11.5 Å². The Morgan fingerprint density at radius 2 is 1.81 bits per heavy atom. The third-order valence-electron chi connectivity index (χ3n) is 4.08. The van der Waals surface area contributed by atoms with E-state index in [4.69, 9.17) is 9.47 Å². The SMILES string of the molecule is COc1ccc(CC(=O)NCc2csc(Cc3ccccc3)n2)cc1OC. The van der Waals surface area contributed by atoms with E-state index in [2.05, 4.69) is 22.4 Å². The van der Waals surface area contributed by atoms with Crippen molar-refractivity contribution in [1.82, 2.24) is 10.3 Å². The largest absolute Gasteiger partial charge is 0.493 e. The van der Waals surface area contributed by atoms with E-state index in [0.717, 1.165) is 22.7 Å². The van der Waals surface area contributed by atoms with Gasteiger partial charge in [-0.25, -0.2) is 4.98 Å². The number of carbonyl (C=O) groups is 1. The highest BCUT2D eigenvalue weighted by Crippen LogP contribution is 2.27. The molecular formula is C21H22N2O3S. The molecule has 5 nitrogen and oxygen atoms in total. The fourth-order valence-electron chi connectivity index (χ4n) is 2.71. The van der Waals surface area contributed by atoms with Gasteiger partial charge in [-0.1, -0.05) is 36.4 Å². The van der Waals surface area contributed by atoms with Crippen LogP contribution in [-0.4, -0.2) is 25.1 Å². The van der Waals surface area contributed by atoms with E-state index in [0.29, 0.717) is 18.0 Å². The average molecular weight is 382 g/mol. The summed E-state index contributed by atoms with van der Waals surface area (Å²) >= 11 is 1.62. The molecule has 0 fully saturated rings. The topological polar surface area (TPSA) is 60.5 Å². The zero-order chi connectivity index (χ0) is 19.1. The molecule has 1 amide bonds. The summed E-state index contributed by atoms with van der Waals surface area (Å²) < 4.78 is 10.5. The van der Waals surface area contributed by atoms with Gasteiger partial charge in [-0.05, 0) is 23.3 Å². The maximum atomic E-state index is 12.2. The number of nitrogens with one attached hydrogen (secondary N) is 1. The number of thiazole rings is 1. The quantitative estimate of drug-likeness (QED) is 0.647. The van der Waals surface area contributed by atoms with Crippen molar-refractivity contribution in [3.63, 3.8) is 0 Å². The first-order valence-electron chi connectivity index (χ1n) is 8.62. The molecule has 3 aromatic rings. The average Bonchev–Trinajstić information content (AvgIpc) is 3.14. The van der Waals surface area contributed by atoms with Crippen LogP contribution < -0.4 is 14.8 Å². The summed E-state index contributed by atoms with van der Waals surface area (Å²) in [6.07, 6.45) is 1.09. The van der Waals surface area contributed by atoms with Gasteiger partial charge in [0.05, 0.1) is 37.9 Å². The number of aromatic nitrogens is 1. The zero-order valence-corrected chi connectivity index (χ0v) is 16.2. The van der Waals surface area contributed by atoms with Crippen LogP contribution in [0.4, 0.5) is 0 Å². The first-order valence-corrected chi connectivity index (χ1v) is 9.50. The Morgan fingerprint density at radius 1 is 1.04 bits per heavy atom. The van der Waals surface area contributed by atoms with Gasteiger partial charge in [0.25, 0.3) is 0 Å². The van der Waals surface area contributed by atoms with Crippen LogP contribution in [0.15, 0.2) is 53.9 Å². The number of rotatable bonds is 8. The van der Waals surface area contributed by atoms with Gasteiger partial charge in [0.1, 0.15) is 0 Å². The predicted octanol–water partition coefficient (Wildman–Crippen LogP) is 3.61. The van der Waals surface area contributed by atoms with Crippen LogP contribution >= 0.6 is 11.3 Å². The van der Waals surface area contributed by atoms with Gasteiger partial charge in [-0.3, -0.25) is 4.79 Å². The first kappa shape index (κ1) is 18.9. The molecule has 1 aromatic heterocycles. The molecule has 0 saturated carbocycles. The summed E-state index contributed by atoms with van der Waals surface area (Å²) in [5.74, 6) is 1.21. The van der Waals surface area contributed by atoms with Crippen molar-refractivity contribution in [2.24, 2.45) is 0 Å². The molecule has 0 bridgehead atoms. The monoisotopic (exact) mass is 382 g/mol. The highest BCUT2D eigenvalue weighted by molar-refractivity contribution is 7.09. The summed E-state index contributed by atoms with van der Waals surface area (Å²) in [6, 6.07) is 15.7. The number of benzene rings is 2. The minimum absolute atomic E-state index is 0.0557. The van der Waals surface area contributed by atoms with E-state index in [1.165, 1.54) is 5.56 Å². The molecule has 0 aliphatic heterocycles. The minimum Gasteiger partial charge on any atom is -0.493 e. The van der Waals surface area contributed by atoms with Crippen LogP contribution in [0.3, 0.4) is 0 Å². The molecule has 6 heteroatoms. The van der Waals surface area contributed by atoms with Gasteiger partial charge in [-0.2, -0.15) is 0 Å². The van der Waals surface area contributed by atoms with Crippen LogP contribution in [0.5, 0.6) is 11.5 Å². The molecule has 0 saturated heterocycles. The smallest absolute Gasteiger partial charge is 0.224 e. The molecule has 3 rings (SSSR count). The first-order chi connectivity index (χ1) is 13.2. The lowest BCUT2D eigenvalue weighted by Gasteiger charge is -2.09.